The Morgan fingerprint density at radius 2 is 1.22 bits per heavy atom. The Morgan fingerprint density at radius 3 is 1.86 bits per heavy atom. The van der Waals surface area contributed by atoms with Gasteiger partial charge in [-0.1, -0.05) is 39.3 Å². The highest BCUT2D eigenvalue weighted by atomic mass is 16.8. The van der Waals surface area contributed by atoms with Crippen molar-refractivity contribution in [2.24, 2.45) is 46.3 Å². The Labute approximate surface area is 430 Å². The van der Waals surface area contributed by atoms with E-state index in [-0.39, 0.29) is 41.3 Å². The first-order chi connectivity index (χ1) is 35.0. The van der Waals surface area contributed by atoms with Gasteiger partial charge < -0.3 is 114 Å². The normalized spacial score (nSPS) is 54.9. The third-order valence-electron chi connectivity index (χ3n) is 19.5. The predicted molar refractivity (Wildman–Crippen MR) is 250 cm³/mol. The van der Waals surface area contributed by atoms with Crippen molar-refractivity contribution in [3.05, 3.63) is 11.6 Å². The fourth-order valence-electron chi connectivity index (χ4n) is 15.0. The van der Waals surface area contributed by atoms with E-state index in [1.54, 1.807) is 0 Å². The Balaban J connectivity index is 0.849. The van der Waals surface area contributed by atoms with Crippen LogP contribution in [0.3, 0.4) is 0 Å². The van der Waals surface area contributed by atoms with E-state index < -0.39 is 155 Å². The zero-order valence-electron chi connectivity index (χ0n) is 42.9. The van der Waals surface area contributed by atoms with Crippen molar-refractivity contribution in [1.29, 1.82) is 0 Å². The van der Waals surface area contributed by atoms with Crippen molar-refractivity contribution in [2.45, 2.75) is 233 Å². The van der Waals surface area contributed by atoms with Gasteiger partial charge in [-0.05, 0) is 98.7 Å². The second kappa shape index (κ2) is 22.4. The van der Waals surface area contributed by atoms with Crippen LogP contribution in [0.25, 0.3) is 0 Å². The van der Waals surface area contributed by atoms with Gasteiger partial charge in [-0.3, -0.25) is 0 Å². The molecule has 14 N–H and O–H groups in total. The number of fused-ring (bicyclic) bond motifs is 7. The number of ether oxygens (including phenoxy) is 9. The van der Waals surface area contributed by atoms with Gasteiger partial charge in [-0.25, -0.2) is 0 Å². The highest BCUT2D eigenvalue weighted by Gasteiger charge is 2.68. The average molecular weight is 1070 g/mol. The maximum Gasteiger partial charge on any atom is 0.187 e. The molecule has 9 aliphatic rings. The molecular formula is C51H84O23. The maximum atomic E-state index is 12.1. The lowest BCUT2D eigenvalue weighted by atomic mass is 9.47. The van der Waals surface area contributed by atoms with Crippen LogP contribution < -0.4 is 0 Å². The number of aliphatic hydroxyl groups excluding tert-OH is 13. The first kappa shape index (κ1) is 57.5. The van der Waals surface area contributed by atoms with E-state index in [1.165, 1.54) is 12.5 Å². The van der Waals surface area contributed by atoms with E-state index >= 15 is 0 Å². The molecule has 23 heteroatoms. The topological polar surface area (TPSA) is 366 Å². The third-order valence-corrected chi connectivity index (χ3v) is 19.5. The maximum absolute atomic E-state index is 12.1. The van der Waals surface area contributed by atoms with E-state index in [1.807, 2.05) is 6.92 Å². The summed E-state index contributed by atoms with van der Waals surface area (Å²) in [5.41, 5.74) is 1.02. The van der Waals surface area contributed by atoms with Crippen LogP contribution in [0, 0.1) is 46.3 Å². The lowest BCUT2D eigenvalue weighted by Gasteiger charge is -2.58. The molecule has 3 saturated carbocycles. The molecule has 5 saturated heterocycles. The molecule has 31 atom stereocenters. The summed E-state index contributed by atoms with van der Waals surface area (Å²) in [7, 11) is 0. The molecule has 426 valence electrons. The molecule has 74 heavy (non-hydrogen) atoms. The van der Waals surface area contributed by atoms with Crippen molar-refractivity contribution in [1.82, 2.24) is 0 Å². The van der Waals surface area contributed by atoms with Crippen molar-refractivity contribution < 1.29 is 114 Å². The Kier molecular flexibility index (Phi) is 17.4. The van der Waals surface area contributed by atoms with E-state index in [0.717, 1.165) is 32.1 Å². The van der Waals surface area contributed by atoms with Crippen molar-refractivity contribution >= 4 is 0 Å². The lowest BCUT2D eigenvalue weighted by Crippen LogP contribution is -2.67. The molecule has 0 aromatic heterocycles. The summed E-state index contributed by atoms with van der Waals surface area (Å²) in [6, 6.07) is 0. The molecule has 5 aliphatic heterocycles. The van der Waals surface area contributed by atoms with E-state index in [2.05, 4.69) is 26.8 Å². The molecule has 9 rings (SSSR count). The van der Waals surface area contributed by atoms with Crippen molar-refractivity contribution in [3.8, 4) is 0 Å². The minimum Gasteiger partial charge on any atom is -0.394 e. The first-order valence-electron chi connectivity index (χ1n) is 26.9. The van der Waals surface area contributed by atoms with Gasteiger partial charge in [-0.2, -0.15) is 0 Å². The summed E-state index contributed by atoms with van der Waals surface area (Å²) in [4.78, 5) is 0. The van der Waals surface area contributed by atoms with Gasteiger partial charge in [0.05, 0.1) is 44.7 Å². The van der Waals surface area contributed by atoms with Crippen LogP contribution in [0.1, 0.15) is 92.4 Å². The van der Waals surface area contributed by atoms with Crippen LogP contribution in [-0.2, 0) is 42.6 Å². The molecule has 8 fully saturated rings. The fourth-order valence-corrected chi connectivity index (χ4v) is 15.0. The minimum atomic E-state index is -1.85. The highest BCUT2D eigenvalue weighted by molar-refractivity contribution is 5.26. The van der Waals surface area contributed by atoms with E-state index in [0.29, 0.717) is 43.4 Å². The summed E-state index contributed by atoms with van der Waals surface area (Å²) in [6.07, 6.45) is -22.1. The quantitative estimate of drug-likeness (QED) is 0.0727. The second-order valence-corrected chi connectivity index (χ2v) is 23.8. The van der Waals surface area contributed by atoms with Crippen molar-refractivity contribution in [2.75, 3.05) is 26.4 Å². The van der Waals surface area contributed by atoms with Crippen LogP contribution >= 0.6 is 0 Å². The number of hydrogen-bond acceptors (Lipinski definition) is 23. The molecule has 4 aliphatic carbocycles. The van der Waals surface area contributed by atoms with Crippen LogP contribution in [-0.4, -0.2) is 239 Å². The zero-order chi connectivity index (χ0) is 53.5. The standard InChI is InChI=1S/C51H84O23/c1-20(19-66-45-39(61)37(59)34(56)29(16-52)69-45)8-13-51(65)21(2)32-28(74-51)15-27-25-7-6-23-14-24(9-11-49(23,4)26(25)10-12-50(27,32)5)68-48-44(73-46-40(62)36(58)33(55)22(3)67-46)42(64)43(31(18-54)71-48)72-47-41(63)38(60)35(57)30(17-53)70-47/h6,20-22,24-48,52-65H,7-19H2,1-5H3/t20-,21+,22+,24+,25-,26+,27+,28+,29-,30-,31-,32+,33+,34-,35-,36-,37+,38+,39-,40-,41-,42+,43-,44-,45-,46+,47+,48-,49+,50+,51+/m1/s1. The predicted octanol–water partition coefficient (Wildman–Crippen LogP) is -3.01. The average Bonchev–Trinajstić information content (AvgIpc) is 3.82. The smallest absolute Gasteiger partial charge is 0.187 e. The zero-order valence-corrected chi connectivity index (χ0v) is 42.9. The molecule has 0 amide bonds. The number of allylic oxidation sites excluding steroid dienone is 1. The molecule has 0 unspecified atom stereocenters. The Bertz CT molecular complexity index is 1920. The van der Waals surface area contributed by atoms with E-state index in [9.17, 15) is 71.5 Å². The van der Waals surface area contributed by atoms with Gasteiger partial charge >= 0.3 is 0 Å². The Morgan fingerprint density at radius 1 is 0.635 bits per heavy atom. The second-order valence-electron chi connectivity index (χ2n) is 23.8. The summed E-state index contributed by atoms with van der Waals surface area (Å²) in [6.45, 7) is 8.35. The van der Waals surface area contributed by atoms with E-state index in [4.69, 9.17) is 42.6 Å². The van der Waals surface area contributed by atoms with Gasteiger partial charge in [0.15, 0.2) is 30.9 Å². The van der Waals surface area contributed by atoms with Gasteiger partial charge in [0, 0.05) is 12.3 Å². The van der Waals surface area contributed by atoms with Crippen LogP contribution in [0.15, 0.2) is 11.6 Å². The first-order valence-corrected chi connectivity index (χ1v) is 26.9. The van der Waals surface area contributed by atoms with Gasteiger partial charge in [0.25, 0.3) is 0 Å². The van der Waals surface area contributed by atoms with Gasteiger partial charge in [0.2, 0.25) is 0 Å². The molecule has 0 aromatic rings. The summed E-state index contributed by atoms with van der Waals surface area (Å²) in [5, 5.41) is 148. The van der Waals surface area contributed by atoms with Crippen LogP contribution in [0.2, 0.25) is 0 Å². The molecule has 23 nitrogen and oxygen atoms in total. The monoisotopic (exact) mass is 1060 g/mol. The molecule has 5 heterocycles. The largest absolute Gasteiger partial charge is 0.394 e. The van der Waals surface area contributed by atoms with Crippen LogP contribution in [0.5, 0.6) is 0 Å². The number of rotatable bonds is 15. The molecule has 0 radical (unpaired) electrons. The van der Waals surface area contributed by atoms with Crippen LogP contribution in [0.4, 0.5) is 0 Å². The Hall–Kier alpha value is -1.18. The summed E-state index contributed by atoms with van der Waals surface area (Å²) >= 11 is 0. The minimum absolute atomic E-state index is 0.0705. The number of hydrogen-bond donors (Lipinski definition) is 14. The van der Waals surface area contributed by atoms with Gasteiger partial charge in [-0.15, -0.1) is 0 Å². The molecular weight excluding hydrogens is 981 g/mol. The van der Waals surface area contributed by atoms with Gasteiger partial charge in [0.1, 0.15) is 91.6 Å². The third kappa shape index (κ3) is 10.2. The molecule has 0 bridgehead atoms. The summed E-state index contributed by atoms with van der Waals surface area (Å²) in [5.74, 6) is -0.310. The SMILES string of the molecule is C[C@H](CC[C@]1(O)O[C@H]2C[C@H]3[C@@H]4CC=C5C[C@@H](O[C@@H]6O[C@H](CO)[C@@H](O[C@@H]7O[C@H](CO)[C@@H](O)[C@H](O)[C@H]7O)[C@H](O)[C@H]6O[C@@H]6O[C@@H](C)[C@H](O)[C@@H](O)[C@H]6O)CC[C@]5(C)[C@H]4CC[C@]3(C)[C@H]2[C@@H]1C)CO[C@@H]1O[C@H](CO)[C@@H](O)[C@H](O)[C@H]1O. The molecule has 0 spiro atoms. The highest BCUT2D eigenvalue weighted by Crippen LogP contribution is 2.70. The molecule has 0 aromatic carbocycles. The lowest BCUT2D eigenvalue weighted by molar-refractivity contribution is -0.389. The van der Waals surface area contributed by atoms with Crippen molar-refractivity contribution in [3.63, 3.8) is 0 Å². The fraction of sp³-hybridized carbons (Fsp3) is 0.961. The summed E-state index contributed by atoms with van der Waals surface area (Å²) < 4.78 is 54.4. The number of aliphatic hydroxyl groups is 14.